The van der Waals surface area contributed by atoms with Crippen LogP contribution >= 0.6 is 0 Å². The molecule has 5 N–H and O–H groups in total. The van der Waals surface area contributed by atoms with Crippen LogP contribution in [0.1, 0.15) is 13.8 Å². The van der Waals surface area contributed by atoms with Crippen molar-refractivity contribution in [1.82, 2.24) is 0 Å². The Morgan fingerprint density at radius 3 is 2.34 bits per heavy atom. The first-order chi connectivity index (χ1) is 13.1. The summed E-state index contributed by atoms with van der Waals surface area (Å²) in [5.41, 5.74) is 0. The standard InChI is InChI=1S/C16H25NO11.Na/c1-4(2)13-17-6-11(7(19)5(3-18)25-15(6)28-13)26-16-10(22)8(20)9(21)12(27-16)14(23)24;/h4-12,15-16,18-22H,3H2,1-2H3,(H,23,24);/q;+1/p-1/t5-,6+,7+,8+,9+,10-,11-,12+,15+,16-;/m1./s1. The van der Waals surface area contributed by atoms with Gasteiger partial charge < -0.3 is 54.4 Å². The zero-order valence-electron chi connectivity index (χ0n) is 16.2. The first-order valence-electron chi connectivity index (χ1n) is 8.90. The number of ether oxygens (including phenoxy) is 4. The van der Waals surface area contributed by atoms with E-state index in [1.165, 1.54) is 0 Å². The number of fused-ring (bicyclic) bond motifs is 1. The summed E-state index contributed by atoms with van der Waals surface area (Å²) in [7, 11) is 0. The zero-order valence-corrected chi connectivity index (χ0v) is 18.2. The quantitative estimate of drug-likeness (QED) is 0.261. The normalized spacial score (nSPS) is 44.5. The molecule has 0 aliphatic carbocycles. The Balaban J connectivity index is 0.00000300. The molecule has 29 heavy (non-hydrogen) atoms. The number of aliphatic carboxylic acids is 1. The fourth-order valence-corrected chi connectivity index (χ4v) is 3.34. The van der Waals surface area contributed by atoms with E-state index in [9.17, 15) is 35.4 Å². The molecule has 0 aromatic carbocycles. The van der Waals surface area contributed by atoms with Crippen LogP contribution in [0.3, 0.4) is 0 Å². The van der Waals surface area contributed by atoms with Crippen molar-refractivity contribution in [3.05, 3.63) is 0 Å². The van der Waals surface area contributed by atoms with Crippen LogP contribution in [-0.2, 0) is 23.7 Å². The molecule has 0 radical (unpaired) electrons. The van der Waals surface area contributed by atoms with Gasteiger partial charge in [-0.3, -0.25) is 0 Å². The predicted molar refractivity (Wildman–Crippen MR) is 85.5 cm³/mol. The topological polar surface area (TPSA) is 191 Å². The van der Waals surface area contributed by atoms with Gasteiger partial charge in [0.25, 0.3) is 0 Å². The molecule has 12 nitrogen and oxygen atoms in total. The predicted octanol–water partition coefficient (Wildman–Crippen LogP) is -7.54. The molecule has 0 amide bonds. The first kappa shape index (κ1) is 24.9. The van der Waals surface area contributed by atoms with E-state index in [4.69, 9.17) is 18.9 Å². The van der Waals surface area contributed by atoms with Gasteiger partial charge in [-0.2, -0.15) is 0 Å². The third-order valence-electron chi connectivity index (χ3n) is 4.92. The first-order valence-corrected chi connectivity index (χ1v) is 8.90. The van der Waals surface area contributed by atoms with Crippen molar-refractivity contribution >= 4 is 11.9 Å². The molecule has 13 heteroatoms. The maximum absolute atomic E-state index is 11.1. The molecule has 0 spiro atoms. The van der Waals surface area contributed by atoms with Crippen molar-refractivity contribution in [2.24, 2.45) is 10.9 Å². The minimum absolute atomic E-state index is 0. The largest absolute Gasteiger partial charge is 1.00 e. The number of aliphatic hydroxyl groups is 5. The average Bonchev–Trinajstić information content (AvgIpc) is 3.07. The van der Waals surface area contributed by atoms with Crippen molar-refractivity contribution in [2.75, 3.05) is 6.61 Å². The fraction of sp³-hybridized carbons (Fsp3) is 0.875. The van der Waals surface area contributed by atoms with Crippen molar-refractivity contribution in [2.45, 2.75) is 75.2 Å². The van der Waals surface area contributed by atoms with E-state index in [1.54, 1.807) is 0 Å². The summed E-state index contributed by atoms with van der Waals surface area (Å²) in [6, 6.07) is -0.892. The van der Waals surface area contributed by atoms with Crippen LogP contribution in [0, 0.1) is 5.92 Å². The monoisotopic (exact) mass is 429 g/mol. The molecule has 3 rings (SSSR count). The number of carbonyl (C=O) groups excluding carboxylic acids is 1. The number of aliphatic imine (C=N–C) groups is 1. The molecule has 3 aliphatic rings. The molecule has 2 fully saturated rings. The van der Waals surface area contributed by atoms with E-state index in [1.807, 2.05) is 13.8 Å². The molecule has 0 aromatic rings. The molecule has 10 atom stereocenters. The molecular weight excluding hydrogens is 405 g/mol. The third kappa shape index (κ3) is 4.77. The van der Waals surface area contributed by atoms with Crippen molar-refractivity contribution in [1.29, 1.82) is 0 Å². The van der Waals surface area contributed by atoms with Crippen molar-refractivity contribution in [3.8, 4) is 0 Å². The number of aliphatic hydroxyl groups excluding tert-OH is 5. The Kier molecular flexibility index (Phi) is 8.44. The number of carbonyl (C=O) groups is 1. The minimum atomic E-state index is -1.96. The van der Waals surface area contributed by atoms with Gasteiger partial charge >= 0.3 is 29.6 Å². The van der Waals surface area contributed by atoms with Crippen LogP contribution in [0.2, 0.25) is 0 Å². The van der Waals surface area contributed by atoms with E-state index in [0.29, 0.717) is 5.90 Å². The smallest absolute Gasteiger partial charge is 0.547 e. The number of nitrogens with zero attached hydrogens (tertiary/aromatic N) is 1. The van der Waals surface area contributed by atoms with E-state index < -0.39 is 73.9 Å². The van der Waals surface area contributed by atoms with E-state index in [2.05, 4.69) is 4.99 Å². The summed E-state index contributed by atoms with van der Waals surface area (Å²) in [5.74, 6) is -1.58. The molecule has 2 saturated heterocycles. The number of carboxylic acids is 1. The van der Waals surface area contributed by atoms with Gasteiger partial charge in [0.05, 0.1) is 12.6 Å². The second-order valence-electron chi connectivity index (χ2n) is 7.26. The Morgan fingerprint density at radius 2 is 1.79 bits per heavy atom. The Bertz CT molecular complexity index is 620. The molecule has 160 valence electrons. The SMILES string of the molecule is CC(C)C1=N[C@@H]2[C@H](O1)O[C@H](CO)[C@H](O)[C@@H]2O[C@@H]1O[C@H](C(=O)[O-])[C@@H](O)[C@H](O)[C@H]1O.[Na+]. The van der Waals surface area contributed by atoms with Crippen LogP contribution in [0.4, 0.5) is 0 Å². The maximum Gasteiger partial charge on any atom is 1.00 e. The number of carboxylic acid groups (broad SMARTS) is 1. The van der Waals surface area contributed by atoms with Crippen LogP contribution in [0.15, 0.2) is 4.99 Å². The van der Waals surface area contributed by atoms with E-state index >= 15 is 0 Å². The summed E-state index contributed by atoms with van der Waals surface area (Å²) < 4.78 is 21.7. The van der Waals surface area contributed by atoms with Gasteiger partial charge in [0.2, 0.25) is 6.29 Å². The summed E-state index contributed by atoms with van der Waals surface area (Å²) in [5, 5.41) is 60.8. The third-order valence-corrected chi connectivity index (χ3v) is 4.92. The van der Waals surface area contributed by atoms with Crippen molar-refractivity contribution < 1.29 is 83.9 Å². The number of rotatable bonds is 5. The van der Waals surface area contributed by atoms with Crippen LogP contribution in [0.25, 0.3) is 0 Å². The van der Waals surface area contributed by atoms with Gasteiger partial charge in [0, 0.05) is 5.92 Å². The molecule has 0 bridgehead atoms. The Hall–Kier alpha value is -0.380. The van der Waals surface area contributed by atoms with Gasteiger partial charge in [-0.05, 0) is 0 Å². The van der Waals surface area contributed by atoms with Crippen LogP contribution in [-0.4, -0.2) is 105 Å². The Labute approximate surface area is 188 Å². The zero-order chi connectivity index (χ0) is 20.7. The Morgan fingerprint density at radius 1 is 1.14 bits per heavy atom. The second kappa shape index (κ2) is 9.83. The summed E-state index contributed by atoms with van der Waals surface area (Å²) in [4.78, 5) is 15.4. The summed E-state index contributed by atoms with van der Waals surface area (Å²) >= 11 is 0. The number of hydrogen-bond donors (Lipinski definition) is 5. The van der Waals surface area contributed by atoms with Gasteiger partial charge in [-0.15, -0.1) is 0 Å². The minimum Gasteiger partial charge on any atom is -0.547 e. The van der Waals surface area contributed by atoms with Gasteiger partial charge in [0.1, 0.15) is 48.8 Å². The molecule has 3 aliphatic heterocycles. The van der Waals surface area contributed by atoms with Crippen molar-refractivity contribution in [3.63, 3.8) is 0 Å². The molecule has 0 saturated carbocycles. The van der Waals surface area contributed by atoms with E-state index in [0.717, 1.165) is 0 Å². The number of hydrogen-bond acceptors (Lipinski definition) is 12. The fourth-order valence-electron chi connectivity index (χ4n) is 3.34. The van der Waals surface area contributed by atoms with Gasteiger partial charge in [-0.1, -0.05) is 13.8 Å². The molecule has 3 heterocycles. The molecule has 0 aromatic heterocycles. The maximum atomic E-state index is 11.1. The van der Waals surface area contributed by atoms with Gasteiger partial charge in [-0.25, -0.2) is 4.99 Å². The second-order valence-corrected chi connectivity index (χ2v) is 7.26. The molecular formula is C16H24NNaO11. The van der Waals surface area contributed by atoms with Crippen LogP contribution in [0.5, 0.6) is 0 Å². The summed E-state index contributed by atoms with van der Waals surface area (Å²) in [6.07, 6.45) is -14.0. The summed E-state index contributed by atoms with van der Waals surface area (Å²) in [6.45, 7) is 3.08. The van der Waals surface area contributed by atoms with Crippen LogP contribution < -0.4 is 34.7 Å². The average molecular weight is 429 g/mol. The van der Waals surface area contributed by atoms with Gasteiger partial charge in [0.15, 0.2) is 12.2 Å². The van der Waals surface area contributed by atoms with E-state index in [-0.39, 0.29) is 35.5 Å². The molecule has 0 unspecified atom stereocenters.